The van der Waals surface area contributed by atoms with E-state index in [4.69, 9.17) is 0 Å². The number of piperazine rings is 1. The fraction of sp³-hybridized carbons (Fsp3) is 0.423. The third kappa shape index (κ3) is 3.83. The van der Waals surface area contributed by atoms with Gasteiger partial charge < -0.3 is 15.3 Å². The maximum absolute atomic E-state index is 13.4. The molecule has 0 unspecified atom stereocenters. The van der Waals surface area contributed by atoms with Crippen LogP contribution in [0.2, 0.25) is 0 Å². The van der Waals surface area contributed by atoms with Crippen LogP contribution in [0.25, 0.3) is 0 Å². The molecule has 2 aromatic carbocycles. The van der Waals surface area contributed by atoms with Crippen LogP contribution >= 0.6 is 0 Å². The minimum atomic E-state index is -0.227. The molecule has 2 atom stereocenters. The molecule has 4 rings (SSSR count). The van der Waals surface area contributed by atoms with E-state index in [0.29, 0.717) is 12.5 Å². The number of hydrogen-bond acceptors (Lipinski definition) is 3. The molecule has 0 saturated carbocycles. The molecule has 1 aliphatic heterocycles. The van der Waals surface area contributed by atoms with E-state index in [2.05, 4.69) is 54.9 Å². The van der Waals surface area contributed by atoms with Crippen molar-refractivity contribution in [1.29, 1.82) is 0 Å². The van der Waals surface area contributed by atoms with Gasteiger partial charge in [-0.1, -0.05) is 69.7 Å². The molecular formula is C26H32N2O2. The first-order chi connectivity index (χ1) is 14.5. The van der Waals surface area contributed by atoms with E-state index < -0.39 is 0 Å². The van der Waals surface area contributed by atoms with Crippen molar-refractivity contribution >= 4 is 5.91 Å². The molecule has 2 aliphatic rings. The van der Waals surface area contributed by atoms with Crippen molar-refractivity contribution in [2.75, 3.05) is 0 Å². The van der Waals surface area contributed by atoms with Crippen molar-refractivity contribution in [2.45, 2.75) is 58.2 Å². The molecule has 0 radical (unpaired) electrons. The first-order valence-electron chi connectivity index (χ1n) is 11.1. The van der Waals surface area contributed by atoms with E-state index in [1.54, 1.807) is 12.1 Å². The Labute approximate surface area is 179 Å². The smallest absolute Gasteiger partial charge is 0.243 e. The van der Waals surface area contributed by atoms with Gasteiger partial charge in [-0.05, 0) is 53.5 Å². The lowest BCUT2D eigenvalue weighted by molar-refractivity contribution is -0.132. The summed E-state index contributed by atoms with van der Waals surface area (Å²) in [6.45, 7) is 9.37. The van der Waals surface area contributed by atoms with Crippen molar-refractivity contribution in [1.82, 2.24) is 10.2 Å². The molecule has 2 aromatic rings. The molecule has 1 fully saturated rings. The number of carbonyl (C=O) groups is 1. The quantitative estimate of drug-likeness (QED) is 0.749. The van der Waals surface area contributed by atoms with Crippen LogP contribution in [0, 0.1) is 11.8 Å². The lowest BCUT2D eigenvalue weighted by atomic mass is 9.85. The zero-order valence-corrected chi connectivity index (χ0v) is 18.0. The fourth-order valence-corrected chi connectivity index (χ4v) is 5.29. The first kappa shape index (κ1) is 20.5. The van der Waals surface area contributed by atoms with Crippen molar-refractivity contribution < 1.29 is 9.90 Å². The lowest BCUT2D eigenvalue weighted by Gasteiger charge is -2.47. The summed E-state index contributed by atoms with van der Waals surface area (Å²) in [6.07, 6.45) is 3.82. The Bertz CT molecular complexity index is 909. The highest BCUT2D eigenvalue weighted by Gasteiger charge is 2.43. The van der Waals surface area contributed by atoms with Gasteiger partial charge in [0.15, 0.2) is 0 Å². The molecule has 0 bridgehead atoms. The number of phenolic OH excluding ortho intramolecular Hbond substituents is 1. The van der Waals surface area contributed by atoms with Crippen molar-refractivity contribution in [3.8, 4) is 5.75 Å². The van der Waals surface area contributed by atoms with Crippen LogP contribution in [0.5, 0.6) is 5.75 Å². The number of rotatable bonds is 6. The van der Waals surface area contributed by atoms with Crippen LogP contribution in [0.1, 0.15) is 43.4 Å². The van der Waals surface area contributed by atoms with Crippen molar-refractivity contribution in [3.05, 3.63) is 77.5 Å². The van der Waals surface area contributed by atoms with E-state index in [1.165, 1.54) is 11.1 Å². The number of nitrogens with zero attached hydrogens (tertiary/aromatic N) is 1. The Hall–Kier alpha value is -2.75. The molecule has 0 spiro atoms. The molecule has 4 nitrogen and oxygen atoms in total. The second-order valence-corrected chi connectivity index (χ2v) is 8.73. The largest absolute Gasteiger partial charge is 0.508 e. The highest BCUT2D eigenvalue weighted by atomic mass is 16.3. The van der Waals surface area contributed by atoms with Crippen LogP contribution in [-0.4, -0.2) is 28.0 Å². The fourth-order valence-electron chi connectivity index (χ4n) is 5.29. The zero-order valence-electron chi connectivity index (χ0n) is 18.0. The Morgan fingerprint density at radius 1 is 1.10 bits per heavy atom. The summed E-state index contributed by atoms with van der Waals surface area (Å²) in [5, 5.41) is 13.3. The average molecular weight is 405 g/mol. The number of fused-ring (bicyclic) bond motifs is 1. The second kappa shape index (κ2) is 8.55. The highest BCUT2D eigenvalue weighted by Crippen LogP contribution is 2.36. The minimum absolute atomic E-state index is 0.0622. The van der Waals surface area contributed by atoms with Gasteiger partial charge in [0.2, 0.25) is 5.91 Å². The third-order valence-corrected chi connectivity index (χ3v) is 6.94. The standard InChI is InChI=1S/C26H32N2O2/c1-4-19(5-2)25-26(30)27-24(22-14-20-10-6-7-11-21(20)15-22)17(3)28(25)16-18-9-8-12-23(29)13-18/h6-13,19,22,24-25,29H,3-5,14-16H2,1-2H3,(H,27,30)/t24-,25+/m0/s1. The van der Waals surface area contributed by atoms with Crippen LogP contribution in [0.15, 0.2) is 60.8 Å². The monoisotopic (exact) mass is 404 g/mol. The highest BCUT2D eigenvalue weighted by molar-refractivity contribution is 5.84. The Kier molecular flexibility index (Phi) is 5.85. The molecule has 2 N–H and O–H groups in total. The summed E-state index contributed by atoms with van der Waals surface area (Å²) in [7, 11) is 0. The molecule has 4 heteroatoms. The number of aromatic hydroxyl groups is 1. The van der Waals surface area contributed by atoms with E-state index >= 15 is 0 Å². The maximum Gasteiger partial charge on any atom is 0.243 e. The lowest BCUT2D eigenvalue weighted by Crippen LogP contribution is -2.62. The molecule has 30 heavy (non-hydrogen) atoms. The van der Waals surface area contributed by atoms with Gasteiger partial charge >= 0.3 is 0 Å². The number of carbonyl (C=O) groups excluding carboxylic acids is 1. The molecule has 1 aliphatic carbocycles. The third-order valence-electron chi connectivity index (χ3n) is 6.94. The van der Waals surface area contributed by atoms with Gasteiger partial charge in [-0.3, -0.25) is 4.79 Å². The van der Waals surface area contributed by atoms with Crippen LogP contribution < -0.4 is 5.32 Å². The Morgan fingerprint density at radius 3 is 2.37 bits per heavy atom. The van der Waals surface area contributed by atoms with Gasteiger partial charge in [0, 0.05) is 12.2 Å². The second-order valence-electron chi connectivity index (χ2n) is 8.73. The predicted molar refractivity (Wildman–Crippen MR) is 120 cm³/mol. The van der Waals surface area contributed by atoms with Gasteiger partial charge in [-0.2, -0.15) is 0 Å². The van der Waals surface area contributed by atoms with Gasteiger partial charge in [-0.25, -0.2) is 0 Å². The molecule has 1 amide bonds. The summed E-state index contributed by atoms with van der Waals surface area (Å²) in [6, 6.07) is 15.6. The number of benzene rings is 2. The Balaban J connectivity index is 1.63. The summed E-state index contributed by atoms with van der Waals surface area (Å²) in [5.74, 6) is 0.952. The van der Waals surface area contributed by atoms with E-state index in [-0.39, 0.29) is 29.7 Å². The minimum Gasteiger partial charge on any atom is -0.508 e. The zero-order chi connectivity index (χ0) is 21.3. The van der Waals surface area contributed by atoms with Gasteiger partial charge in [0.25, 0.3) is 0 Å². The van der Waals surface area contributed by atoms with Crippen molar-refractivity contribution in [3.63, 3.8) is 0 Å². The summed E-state index contributed by atoms with van der Waals surface area (Å²) >= 11 is 0. The average Bonchev–Trinajstić information content (AvgIpc) is 3.17. The first-order valence-corrected chi connectivity index (χ1v) is 11.1. The van der Waals surface area contributed by atoms with E-state index in [1.807, 2.05) is 12.1 Å². The van der Waals surface area contributed by atoms with E-state index in [0.717, 1.165) is 36.9 Å². The van der Waals surface area contributed by atoms with Crippen LogP contribution in [-0.2, 0) is 24.2 Å². The topological polar surface area (TPSA) is 52.6 Å². The molecule has 1 heterocycles. The van der Waals surface area contributed by atoms with Crippen LogP contribution in [0.4, 0.5) is 0 Å². The SMILES string of the molecule is C=C1[C@@H](C2Cc3ccccc3C2)NC(=O)[C@@H](C(CC)CC)N1Cc1cccc(O)c1. The Morgan fingerprint density at radius 2 is 1.77 bits per heavy atom. The van der Waals surface area contributed by atoms with Gasteiger partial charge in [-0.15, -0.1) is 0 Å². The predicted octanol–water partition coefficient (Wildman–Crippen LogP) is 4.43. The van der Waals surface area contributed by atoms with Gasteiger partial charge in [0.1, 0.15) is 11.8 Å². The number of amides is 1. The number of phenols is 1. The number of nitrogens with one attached hydrogen (secondary N) is 1. The molecule has 1 saturated heterocycles. The maximum atomic E-state index is 13.4. The van der Waals surface area contributed by atoms with Gasteiger partial charge in [0.05, 0.1) is 6.04 Å². The summed E-state index contributed by atoms with van der Waals surface area (Å²) in [4.78, 5) is 15.6. The summed E-state index contributed by atoms with van der Waals surface area (Å²) < 4.78 is 0. The van der Waals surface area contributed by atoms with E-state index in [9.17, 15) is 9.90 Å². The van der Waals surface area contributed by atoms with Crippen molar-refractivity contribution in [2.24, 2.45) is 11.8 Å². The molecular weight excluding hydrogens is 372 g/mol. The summed E-state index contributed by atoms with van der Waals surface area (Å²) in [5.41, 5.74) is 4.75. The molecule has 158 valence electrons. The number of hydrogen-bond donors (Lipinski definition) is 2. The molecule has 0 aromatic heterocycles. The van der Waals surface area contributed by atoms with Crippen LogP contribution in [0.3, 0.4) is 0 Å². The normalized spacial score (nSPS) is 21.8.